The quantitative estimate of drug-likeness (QED) is 0.759. The van der Waals surface area contributed by atoms with Gasteiger partial charge in [-0.3, -0.25) is 0 Å². The van der Waals surface area contributed by atoms with Crippen LogP contribution in [0.2, 0.25) is 5.02 Å². The molecule has 78 valence electrons. The van der Waals surface area contributed by atoms with Gasteiger partial charge in [-0.1, -0.05) is 11.6 Å². The van der Waals surface area contributed by atoms with Crippen molar-refractivity contribution in [1.82, 2.24) is 15.4 Å². The van der Waals surface area contributed by atoms with E-state index in [9.17, 15) is 4.39 Å². The molecule has 0 N–H and O–H groups in total. The van der Waals surface area contributed by atoms with Crippen LogP contribution in [0.3, 0.4) is 0 Å². The van der Waals surface area contributed by atoms with Crippen LogP contribution in [0.5, 0.6) is 0 Å². The summed E-state index contributed by atoms with van der Waals surface area (Å²) < 4.78 is 13.3. The molecule has 0 aliphatic carbocycles. The lowest BCUT2D eigenvalue weighted by atomic mass is 10.0. The molecule has 0 aliphatic heterocycles. The van der Waals surface area contributed by atoms with E-state index >= 15 is 0 Å². The van der Waals surface area contributed by atoms with Gasteiger partial charge in [0.25, 0.3) is 0 Å². The summed E-state index contributed by atoms with van der Waals surface area (Å²) in [6.45, 7) is 0. The minimum atomic E-state index is -0.590. The minimum absolute atomic E-state index is 0.117. The van der Waals surface area contributed by atoms with Gasteiger partial charge in [-0.2, -0.15) is 5.26 Å². The standard InChI is InChI=1S/C10H4ClFN4/c11-10-8(12)2-1-6(3-13)9(10)7-4-14-16-15-5-7/h1-2,4-5H. The first-order valence-electron chi connectivity index (χ1n) is 4.26. The van der Waals surface area contributed by atoms with Gasteiger partial charge in [0.1, 0.15) is 5.82 Å². The second kappa shape index (κ2) is 4.21. The first-order chi connectivity index (χ1) is 7.74. The van der Waals surface area contributed by atoms with Crippen LogP contribution in [0.4, 0.5) is 4.39 Å². The SMILES string of the molecule is N#Cc1ccc(F)c(Cl)c1-c1cnnnc1. The van der Waals surface area contributed by atoms with Crippen molar-refractivity contribution < 1.29 is 4.39 Å². The van der Waals surface area contributed by atoms with Gasteiger partial charge in [-0.25, -0.2) is 4.39 Å². The van der Waals surface area contributed by atoms with Gasteiger partial charge < -0.3 is 0 Å². The van der Waals surface area contributed by atoms with Crippen LogP contribution < -0.4 is 0 Å². The second-order valence-electron chi connectivity index (χ2n) is 2.93. The lowest BCUT2D eigenvalue weighted by Gasteiger charge is -2.05. The van der Waals surface area contributed by atoms with Crippen molar-refractivity contribution in [1.29, 1.82) is 5.26 Å². The number of benzene rings is 1. The normalized spacial score (nSPS) is 9.81. The van der Waals surface area contributed by atoms with Crippen LogP contribution in [0.15, 0.2) is 24.5 Å². The zero-order chi connectivity index (χ0) is 11.5. The number of aromatic nitrogens is 3. The van der Waals surface area contributed by atoms with Gasteiger partial charge >= 0.3 is 0 Å². The predicted octanol–water partition coefficient (Wildman–Crippen LogP) is 2.20. The van der Waals surface area contributed by atoms with E-state index < -0.39 is 5.82 Å². The van der Waals surface area contributed by atoms with E-state index in [2.05, 4.69) is 15.4 Å². The smallest absolute Gasteiger partial charge is 0.142 e. The summed E-state index contributed by atoms with van der Waals surface area (Å²) in [5.41, 5.74) is 1.00. The molecule has 0 amide bonds. The molecule has 0 saturated heterocycles. The molecule has 0 unspecified atom stereocenters. The van der Waals surface area contributed by atoms with E-state index in [1.54, 1.807) is 0 Å². The Bertz CT molecular complexity index is 565. The Kier molecular flexibility index (Phi) is 2.75. The summed E-state index contributed by atoms with van der Waals surface area (Å²) in [6, 6.07) is 4.44. The second-order valence-corrected chi connectivity index (χ2v) is 3.31. The Balaban J connectivity index is 2.74. The third-order valence-electron chi connectivity index (χ3n) is 2.00. The van der Waals surface area contributed by atoms with E-state index in [1.165, 1.54) is 18.5 Å². The molecule has 0 bridgehead atoms. The summed E-state index contributed by atoms with van der Waals surface area (Å²) >= 11 is 5.81. The molecule has 0 spiro atoms. The van der Waals surface area contributed by atoms with Gasteiger partial charge in [-0.05, 0) is 17.3 Å². The largest absolute Gasteiger partial charge is 0.205 e. The Morgan fingerprint density at radius 3 is 2.56 bits per heavy atom. The molecule has 6 heteroatoms. The maximum absolute atomic E-state index is 13.3. The molecular formula is C10H4ClFN4. The molecule has 1 heterocycles. The minimum Gasteiger partial charge on any atom is -0.205 e. The number of hydrogen-bond donors (Lipinski definition) is 0. The molecule has 0 aliphatic rings. The van der Waals surface area contributed by atoms with Crippen molar-refractivity contribution >= 4 is 11.6 Å². The summed E-state index contributed by atoms with van der Waals surface area (Å²) in [4.78, 5) is 0. The van der Waals surface area contributed by atoms with Crippen LogP contribution in [-0.2, 0) is 0 Å². The van der Waals surface area contributed by atoms with Crippen LogP contribution in [0.25, 0.3) is 11.1 Å². The van der Waals surface area contributed by atoms with Crippen molar-refractivity contribution in [3.8, 4) is 17.2 Å². The van der Waals surface area contributed by atoms with Gasteiger partial charge in [0.05, 0.1) is 29.0 Å². The number of halogens is 2. The monoisotopic (exact) mass is 234 g/mol. The van der Waals surface area contributed by atoms with Crippen LogP contribution in [0.1, 0.15) is 5.56 Å². The summed E-state index contributed by atoms with van der Waals surface area (Å²) in [6.07, 6.45) is 2.74. The van der Waals surface area contributed by atoms with E-state index in [0.29, 0.717) is 5.56 Å². The van der Waals surface area contributed by atoms with Crippen LogP contribution in [0, 0.1) is 17.1 Å². The first kappa shape index (κ1) is 10.5. The molecule has 0 radical (unpaired) electrons. The van der Waals surface area contributed by atoms with Gasteiger partial charge in [0.2, 0.25) is 0 Å². The Morgan fingerprint density at radius 2 is 1.94 bits per heavy atom. The fraction of sp³-hybridized carbons (Fsp3) is 0. The molecule has 16 heavy (non-hydrogen) atoms. The number of rotatable bonds is 1. The summed E-state index contributed by atoms with van der Waals surface area (Å²) in [7, 11) is 0. The van der Waals surface area contributed by atoms with E-state index in [-0.39, 0.29) is 16.1 Å². The topological polar surface area (TPSA) is 62.5 Å². The molecule has 4 nitrogen and oxygen atoms in total. The maximum atomic E-state index is 13.3. The van der Waals surface area contributed by atoms with E-state index in [0.717, 1.165) is 6.07 Å². The summed E-state index contributed by atoms with van der Waals surface area (Å²) in [5, 5.41) is 19.3. The van der Waals surface area contributed by atoms with Gasteiger partial charge in [0, 0.05) is 11.1 Å². The van der Waals surface area contributed by atoms with E-state index in [1.807, 2.05) is 6.07 Å². The number of hydrogen-bond acceptors (Lipinski definition) is 4. The summed E-state index contributed by atoms with van der Waals surface area (Å²) in [5.74, 6) is -0.590. The molecule has 1 aromatic carbocycles. The average molecular weight is 235 g/mol. The highest BCUT2D eigenvalue weighted by atomic mass is 35.5. The fourth-order valence-corrected chi connectivity index (χ4v) is 1.57. The lowest BCUT2D eigenvalue weighted by molar-refractivity contribution is 0.628. The predicted molar refractivity (Wildman–Crippen MR) is 54.9 cm³/mol. The van der Waals surface area contributed by atoms with Crippen LogP contribution in [-0.4, -0.2) is 15.4 Å². The number of nitrogens with zero attached hydrogens (tertiary/aromatic N) is 4. The highest BCUT2D eigenvalue weighted by Crippen LogP contribution is 2.32. The molecule has 0 atom stereocenters. The highest BCUT2D eigenvalue weighted by molar-refractivity contribution is 6.33. The van der Waals surface area contributed by atoms with Crippen LogP contribution >= 0.6 is 11.6 Å². The maximum Gasteiger partial charge on any atom is 0.142 e. The van der Waals surface area contributed by atoms with Crippen molar-refractivity contribution in [3.63, 3.8) is 0 Å². The zero-order valence-electron chi connectivity index (χ0n) is 7.85. The third-order valence-corrected chi connectivity index (χ3v) is 2.37. The zero-order valence-corrected chi connectivity index (χ0v) is 8.61. The van der Waals surface area contributed by atoms with E-state index in [4.69, 9.17) is 16.9 Å². The molecule has 1 aromatic heterocycles. The average Bonchev–Trinajstić information content (AvgIpc) is 2.33. The molecule has 0 fully saturated rings. The van der Waals surface area contributed by atoms with Gasteiger partial charge in [0.15, 0.2) is 0 Å². The number of nitriles is 1. The molecule has 0 saturated carbocycles. The third kappa shape index (κ3) is 1.71. The fourth-order valence-electron chi connectivity index (χ4n) is 1.29. The Hall–Kier alpha value is -2.06. The molecule has 2 aromatic rings. The lowest BCUT2D eigenvalue weighted by Crippen LogP contribution is -1.92. The first-order valence-corrected chi connectivity index (χ1v) is 4.63. The van der Waals surface area contributed by atoms with Crippen molar-refractivity contribution in [2.45, 2.75) is 0 Å². The highest BCUT2D eigenvalue weighted by Gasteiger charge is 2.14. The van der Waals surface area contributed by atoms with Crippen molar-refractivity contribution in [2.75, 3.05) is 0 Å². The molecule has 2 rings (SSSR count). The Labute approximate surface area is 95.3 Å². The Morgan fingerprint density at radius 1 is 1.25 bits per heavy atom. The van der Waals surface area contributed by atoms with Gasteiger partial charge in [-0.15, -0.1) is 10.2 Å². The van der Waals surface area contributed by atoms with Crippen molar-refractivity contribution in [2.24, 2.45) is 0 Å². The molecular weight excluding hydrogens is 231 g/mol. The van der Waals surface area contributed by atoms with Crippen molar-refractivity contribution in [3.05, 3.63) is 40.9 Å².